The molecule has 13 heavy (non-hydrogen) atoms. The van der Waals surface area contributed by atoms with E-state index < -0.39 is 0 Å². The van der Waals surface area contributed by atoms with Crippen LogP contribution in [0.3, 0.4) is 0 Å². The van der Waals surface area contributed by atoms with Crippen molar-refractivity contribution in [1.29, 1.82) is 0 Å². The van der Waals surface area contributed by atoms with E-state index >= 15 is 0 Å². The monoisotopic (exact) mass is 206 g/mol. The van der Waals surface area contributed by atoms with Crippen LogP contribution in [0.25, 0.3) is 0 Å². The van der Waals surface area contributed by atoms with Crippen LogP contribution in [-0.4, -0.2) is 5.97 Å². The highest BCUT2D eigenvalue weighted by molar-refractivity contribution is 6.13. The molecule has 0 aliphatic rings. The fourth-order valence-corrected chi connectivity index (χ4v) is 1.22. The van der Waals surface area contributed by atoms with Gasteiger partial charge in [-0.05, 0) is 18.3 Å². The van der Waals surface area contributed by atoms with Crippen molar-refractivity contribution in [3.8, 4) is 0 Å². The van der Waals surface area contributed by atoms with Gasteiger partial charge in [-0.25, -0.2) is 0 Å². The van der Waals surface area contributed by atoms with Gasteiger partial charge in [0.25, 0.3) is 0 Å². The van der Waals surface area contributed by atoms with E-state index in [0.717, 1.165) is 12.8 Å². The second-order valence-electron chi connectivity index (χ2n) is 4.57. The fraction of sp³-hybridized carbons (Fsp3) is 0.900. The lowest BCUT2D eigenvalue weighted by molar-refractivity contribution is -0.134. The van der Waals surface area contributed by atoms with E-state index in [1.165, 1.54) is 12.8 Å². The highest BCUT2D eigenvalue weighted by Gasteiger charge is 2.09. The number of hydrogen-bond donors (Lipinski definition) is 0. The predicted octanol–water partition coefficient (Wildman–Crippen LogP) is 3.68. The molecule has 0 atom stereocenters. The highest BCUT2D eigenvalue weighted by Crippen LogP contribution is 2.22. The van der Waals surface area contributed by atoms with Gasteiger partial charge in [-0.1, -0.05) is 33.6 Å². The van der Waals surface area contributed by atoms with E-state index in [0.29, 0.717) is 11.8 Å². The number of rotatable bonds is 5. The largest absolute Gasteiger partial charge is 0.348 e. The van der Waals surface area contributed by atoms with Crippen molar-refractivity contribution < 1.29 is 9.08 Å². The molecule has 0 saturated heterocycles. The number of halogens is 1. The molecule has 0 heterocycles. The van der Waals surface area contributed by atoms with Crippen LogP contribution in [0.5, 0.6) is 0 Å². The first-order chi connectivity index (χ1) is 5.95. The molecule has 0 aliphatic heterocycles. The minimum absolute atomic E-state index is 0.322. The first-order valence-corrected chi connectivity index (χ1v) is 5.08. The summed E-state index contributed by atoms with van der Waals surface area (Å²) < 4.78 is 4.03. The Morgan fingerprint density at radius 1 is 1.23 bits per heavy atom. The number of carbonyl (C=O) groups is 1. The van der Waals surface area contributed by atoms with Gasteiger partial charge < -0.3 is 4.29 Å². The van der Waals surface area contributed by atoms with E-state index in [1.54, 1.807) is 0 Å². The lowest BCUT2D eigenvalue weighted by atomic mass is 9.89. The molecule has 0 aromatic rings. The summed E-state index contributed by atoms with van der Waals surface area (Å²) in [5.41, 5.74) is 0.396. The summed E-state index contributed by atoms with van der Waals surface area (Å²) in [4.78, 5) is 10.6. The third-order valence-corrected chi connectivity index (χ3v) is 2.07. The van der Waals surface area contributed by atoms with Crippen LogP contribution in [0.4, 0.5) is 0 Å². The van der Waals surface area contributed by atoms with E-state index in [4.69, 9.17) is 11.9 Å². The molecule has 3 heteroatoms. The van der Waals surface area contributed by atoms with Crippen LogP contribution >= 0.6 is 11.9 Å². The predicted molar refractivity (Wildman–Crippen MR) is 54.5 cm³/mol. The second kappa shape index (κ2) is 6.25. The first kappa shape index (κ1) is 12.8. The minimum Gasteiger partial charge on any atom is -0.348 e. The molecular weight excluding hydrogens is 188 g/mol. The van der Waals surface area contributed by atoms with Crippen molar-refractivity contribution in [2.75, 3.05) is 0 Å². The lowest BCUT2D eigenvalue weighted by Crippen LogP contribution is -2.04. The topological polar surface area (TPSA) is 26.3 Å². The van der Waals surface area contributed by atoms with Crippen LogP contribution in [0, 0.1) is 5.41 Å². The molecule has 0 spiro atoms. The molecule has 0 radical (unpaired) electrons. The summed E-state index contributed by atoms with van der Waals surface area (Å²) in [6, 6.07) is 0. The highest BCUT2D eigenvalue weighted by atomic mass is 35.5. The third kappa shape index (κ3) is 9.68. The third-order valence-electron chi connectivity index (χ3n) is 1.89. The zero-order chi connectivity index (χ0) is 10.3. The molecule has 0 N–H and O–H groups in total. The van der Waals surface area contributed by atoms with Crippen molar-refractivity contribution in [1.82, 2.24) is 0 Å². The smallest absolute Gasteiger partial charge is 0.324 e. The lowest BCUT2D eigenvalue weighted by Gasteiger charge is -2.17. The molecular formula is C10H19ClO2. The van der Waals surface area contributed by atoms with Crippen LogP contribution in [0.1, 0.15) is 52.9 Å². The molecule has 2 nitrogen and oxygen atoms in total. The maximum absolute atomic E-state index is 10.6. The summed E-state index contributed by atoms with van der Waals surface area (Å²) in [5.74, 6) is -0.322. The van der Waals surface area contributed by atoms with E-state index in [9.17, 15) is 4.79 Å². The molecule has 0 saturated carbocycles. The molecule has 78 valence electrons. The van der Waals surface area contributed by atoms with Crippen LogP contribution in [0.15, 0.2) is 0 Å². The zero-order valence-electron chi connectivity index (χ0n) is 8.73. The zero-order valence-corrected chi connectivity index (χ0v) is 9.49. The maximum atomic E-state index is 10.6. The molecule has 0 unspecified atom stereocenters. The van der Waals surface area contributed by atoms with Crippen molar-refractivity contribution >= 4 is 17.8 Å². The van der Waals surface area contributed by atoms with Crippen molar-refractivity contribution in [2.24, 2.45) is 5.41 Å². The average Bonchev–Trinajstić information content (AvgIpc) is 2.01. The SMILES string of the molecule is CC(C)(C)CCCCCC(=O)OCl. The Morgan fingerprint density at radius 2 is 1.85 bits per heavy atom. The van der Waals surface area contributed by atoms with Crippen LogP contribution in [0.2, 0.25) is 0 Å². The average molecular weight is 207 g/mol. The second-order valence-corrected chi connectivity index (χ2v) is 4.72. The molecule has 0 aromatic heterocycles. The maximum Gasteiger partial charge on any atom is 0.324 e. The summed E-state index contributed by atoms with van der Waals surface area (Å²) in [7, 11) is 0. The van der Waals surface area contributed by atoms with Gasteiger partial charge in [0.05, 0.1) is 0 Å². The van der Waals surface area contributed by atoms with Gasteiger partial charge >= 0.3 is 5.97 Å². The van der Waals surface area contributed by atoms with E-state index in [1.807, 2.05) is 0 Å². The Bertz CT molecular complexity index is 149. The molecule has 0 bridgehead atoms. The Kier molecular flexibility index (Phi) is 6.13. The Hall–Kier alpha value is -0.240. The molecule has 0 aromatic carbocycles. The Labute approximate surface area is 85.8 Å². The standard InChI is InChI=1S/C10H19ClO2/c1-10(2,3)8-6-4-5-7-9(12)13-11/h4-8H2,1-3H3. The van der Waals surface area contributed by atoms with Gasteiger partial charge in [0.1, 0.15) is 11.9 Å². The normalized spacial score (nSPS) is 11.4. The van der Waals surface area contributed by atoms with Gasteiger partial charge in [-0.2, -0.15) is 0 Å². The summed E-state index contributed by atoms with van der Waals surface area (Å²) in [6.45, 7) is 6.67. The molecule has 0 rings (SSSR count). The first-order valence-electron chi connectivity index (χ1n) is 4.77. The van der Waals surface area contributed by atoms with Crippen molar-refractivity contribution in [2.45, 2.75) is 52.9 Å². The van der Waals surface area contributed by atoms with Gasteiger partial charge in [0.15, 0.2) is 0 Å². The van der Waals surface area contributed by atoms with Gasteiger partial charge in [-0.3, -0.25) is 4.79 Å². The molecule has 0 fully saturated rings. The van der Waals surface area contributed by atoms with Crippen molar-refractivity contribution in [3.05, 3.63) is 0 Å². The van der Waals surface area contributed by atoms with E-state index in [-0.39, 0.29) is 5.97 Å². The quantitative estimate of drug-likeness (QED) is 0.642. The summed E-state index contributed by atoms with van der Waals surface area (Å²) in [6.07, 6.45) is 4.75. The van der Waals surface area contributed by atoms with Crippen LogP contribution < -0.4 is 0 Å². The Balaban J connectivity index is 3.22. The van der Waals surface area contributed by atoms with Gasteiger partial charge in [-0.15, -0.1) is 0 Å². The van der Waals surface area contributed by atoms with Crippen LogP contribution in [-0.2, 0) is 9.08 Å². The molecule has 0 aliphatic carbocycles. The fourth-order valence-electron chi connectivity index (χ4n) is 1.14. The van der Waals surface area contributed by atoms with E-state index in [2.05, 4.69) is 25.1 Å². The number of carbonyl (C=O) groups excluding carboxylic acids is 1. The molecule has 0 amide bonds. The van der Waals surface area contributed by atoms with Gasteiger partial charge in [0.2, 0.25) is 0 Å². The number of hydrogen-bond acceptors (Lipinski definition) is 2. The summed E-state index contributed by atoms with van der Waals surface area (Å²) >= 11 is 4.89. The summed E-state index contributed by atoms with van der Waals surface area (Å²) in [5, 5.41) is 0. The Morgan fingerprint density at radius 3 is 2.31 bits per heavy atom. The minimum atomic E-state index is -0.322. The van der Waals surface area contributed by atoms with Gasteiger partial charge in [0, 0.05) is 6.42 Å². The van der Waals surface area contributed by atoms with Crippen molar-refractivity contribution in [3.63, 3.8) is 0 Å². The number of unbranched alkanes of at least 4 members (excludes halogenated alkanes) is 2.